The fourth-order valence-electron chi connectivity index (χ4n) is 1.18. The van der Waals surface area contributed by atoms with Crippen LogP contribution in [0.25, 0.3) is 0 Å². The molecular formula is C9H10N4OS. The number of Topliss-reactive ketones (excluding diaryl/α,β-unsaturated/α-hetero) is 1. The number of aryl methyl sites for hydroxylation is 2. The summed E-state index contributed by atoms with van der Waals surface area (Å²) in [6.07, 6.45) is 1.72. The maximum atomic E-state index is 11.6. The number of hydrogen-bond acceptors (Lipinski definition) is 5. The Morgan fingerprint density at radius 2 is 2.33 bits per heavy atom. The van der Waals surface area contributed by atoms with Crippen molar-refractivity contribution in [3.8, 4) is 0 Å². The van der Waals surface area contributed by atoms with E-state index in [2.05, 4.69) is 20.4 Å². The second-order valence-electron chi connectivity index (χ2n) is 3.20. The molecule has 0 bridgehead atoms. The van der Waals surface area contributed by atoms with Crippen LogP contribution in [0.4, 0.5) is 0 Å². The van der Waals surface area contributed by atoms with Gasteiger partial charge >= 0.3 is 0 Å². The van der Waals surface area contributed by atoms with Crippen molar-refractivity contribution in [2.75, 3.05) is 0 Å². The standard InChI is InChI=1S/C9H10N4OS/c1-5-6(2)15-9(11-5)3-8(14)7-4-10-13-12-7/h4H,3H2,1-2H3,(H,10,12,13). The third-order valence-corrected chi connectivity index (χ3v) is 3.16. The molecule has 0 amide bonds. The molecule has 2 heterocycles. The molecule has 0 unspecified atom stereocenters. The molecule has 78 valence electrons. The first-order valence-electron chi connectivity index (χ1n) is 4.48. The van der Waals surface area contributed by atoms with Gasteiger partial charge in [0, 0.05) is 4.88 Å². The molecule has 2 aromatic rings. The number of carbonyl (C=O) groups excluding carboxylic acids is 1. The van der Waals surface area contributed by atoms with Gasteiger partial charge in [-0.2, -0.15) is 15.4 Å². The number of aromatic amines is 1. The first-order chi connectivity index (χ1) is 7.16. The van der Waals surface area contributed by atoms with E-state index in [9.17, 15) is 4.79 Å². The maximum absolute atomic E-state index is 11.6. The molecule has 0 spiro atoms. The minimum atomic E-state index is -0.0579. The molecule has 0 aliphatic carbocycles. The minimum absolute atomic E-state index is 0.0579. The monoisotopic (exact) mass is 222 g/mol. The molecule has 6 heteroatoms. The molecule has 0 aliphatic rings. The summed E-state index contributed by atoms with van der Waals surface area (Å²) in [5.74, 6) is -0.0579. The second kappa shape index (κ2) is 3.90. The van der Waals surface area contributed by atoms with Gasteiger partial charge in [-0.25, -0.2) is 4.98 Å². The zero-order valence-electron chi connectivity index (χ0n) is 8.44. The Hall–Kier alpha value is -1.56. The van der Waals surface area contributed by atoms with E-state index < -0.39 is 0 Å². The predicted molar refractivity (Wildman–Crippen MR) is 56.0 cm³/mol. The molecule has 0 fully saturated rings. The average molecular weight is 222 g/mol. The topological polar surface area (TPSA) is 71.5 Å². The van der Waals surface area contributed by atoms with Crippen molar-refractivity contribution in [1.82, 2.24) is 20.4 Å². The van der Waals surface area contributed by atoms with E-state index in [1.165, 1.54) is 6.20 Å². The molecule has 0 saturated carbocycles. The van der Waals surface area contributed by atoms with E-state index in [4.69, 9.17) is 0 Å². The van der Waals surface area contributed by atoms with Crippen LogP contribution in [0.15, 0.2) is 6.20 Å². The molecule has 0 saturated heterocycles. The summed E-state index contributed by atoms with van der Waals surface area (Å²) in [6.45, 7) is 3.94. The number of aromatic nitrogens is 4. The van der Waals surface area contributed by atoms with E-state index in [0.29, 0.717) is 12.1 Å². The number of nitrogens with zero attached hydrogens (tertiary/aromatic N) is 3. The third-order valence-electron chi connectivity index (χ3n) is 2.09. The largest absolute Gasteiger partial charge is 0.292 e. The molecular weight excluding hydrogens is 212 g/mol. The summed E-state index contributed by atoms with van der Waals surface area (Å²) in [7, 11) is 0. The number of ketones is 1. The third kappa shape index (κ3) is 2.10. The van der Waals surface area contributed by atoms with Gasteiger partial charge in [0.15, 0.2) is 5.78 Å². The SMILES string of the molecule is Cc1nc(CC(=O)c2cn[nH]n2)sc1C. The molecule has 0 atom stereocenters. The van der Waals surface area contributed by atoms with E-state index >= 15 is 0 Å². The van der Waals surface area contributed by atoms with Crippen LogP contribution >= 0.6 is 11.3 Å². The lowest BCUT2D eigenvalue weighted by Crippen LogP contribution is -2.03. The smallest absolute Gasteiger partial charge is 0.191 e. The first-order valence-corrected chi connectivity index (χ1v) is 5.30. The molecule has 2 aromatic heterocycles. The molecule has 0 radical (unpaired) electrons. The normalized spacial score (nSPS) is 10.5. The van der Waals surface area contributed by atoms with Gasteiger partial charge in [-0.15, -0.1) is 11.3 Å². The van der Waals surface area contributed by atoms with Crippen molar-refractivity contribution in [3.63, 3.8) is 0 Å². The van der Waals surface area contributed by atoms with Crippen LogP contribution < -0.4 is 0 Å². The maximum Gasteiger partial charge on any atom is 0.191 e. The number of H-pyrrole nitrogens is 1. The van der Waals surface area contributed by atoms with Gasteiger partial charge in [-0.05, 0) is 13.8 Å². The van der Waals surface area contributed by atoms with Gasteiger partial charge in [0.05, 0.1) is 18.3 Å². The lowest BCUT2D eigenvalue weighted by atomic mass is 10.2. The van der Waals surface area contributed by atoms with E-state index in [0.717, 1.165) is 15.6 Å². The first kappa shape index (κ1) is 9.97. The van der Waals surface area contributed by atoms with Crippen LogP contribution in [0.2, 0.25) is 0 Å². The summed E-state index contributed by atoms with van der Waals surface area (Å²) < 4.78 is 0. The van der Waals surface area contributed by atoms with Crippen LogP contribution in [0.5, 0.6) is 0 Å². The van der Waals surface area contributed by atoms with E-state index in [1.807, 2.05) is 13.8 Å². The Labute approximate surface area is 90.6 Å². The fourth-order valence-corrected chi connectivity index (χ4v) is 2.11. The van der Waals surface area contributed by atoms with Crippen molar-refractivity contribution in [2.45, 2.75) is 20.3 Å². The number of thiazole rings is 1. The van der Waals surface area contributed by atoms with Gasteiger partial charge in [-0.1, -0.05) is 0 Å². The van der Waals surface area contributed by atoms with Crippen LogP contribution in [-0.2, 0) is 6.42 Å². The fraction of sp³-hybridized carbons (Fsp3) is 0.333. The Kier molecular flexibility index (Phi) is 2.59. The molecule has 1 N–H and O–H groups in total. The van der Waals surface area contributed by atoms with Gasteiger partial charge in [0.2, 0.25) is 0 Å². The zero-order valence-corrected chi connectivity index (χ0v) is 9.26. The van der Waals surface area contributed by atoms with Crippen molar-refractivity contribution in [3.05, 3.63) is 27.5 Å². The van der Waals surface area contributed by atoms with Crippen LogP contribution in [0, 0.1) is 13.8 Å². The highest BCUT2D eigenvalue weighted by atomic mass is 32.1. The second-order valence-corrected chi connectivity index (χ2v) is 4.49. The molecule has 0 aliphatic heterocycles. The van der Waals surface area contributed by atoms with E-state index in [1.54, 1.807) is 11.3 Å². The summed E-state index contributed by atoms with van der Waals surface area (Å²) in [4.78, 5) is 17.1. The Bertz CT molecular complexity index is 455. The van der Waals surface area contributed by atoms with E-state index in [-0.39, 0.29) is 5.78 Å². The molecule has 5 nitrogen and oxygen atoms in total. The summed E-state index contributed by atoms with van der Waals surface area (Å²) >= 11 is 1.55. The van der Waals surface area contributed by atoms with Gasteiger partial charge in [0.1, 0.15) is 10.7 Å². The Balaban J connectivity index is 2.13. The van der Waals surface area contributed by atoms with Gasteiger partial charge in [-0.3, -0.25) is 4.79 Å². The highest BCUT2D eigenvalue weighted by Crippen LogP contribution is 2.17. The highest BCUT2D eigenvalue weighted by molar-refractivity contribution is 7.11. The molecule has 2 rings (SSSR count). The Morgan fingerprint density at radius 3 is 2.87 bits per heavy atom. The number of rotatable bonds is 3. The van der Waals surface area contributed by atoms with Crippen LogP contribution in [0.1, 0.15) is 26.1 Å². The zero-order chi connectivity index (χ0) is 10.8. The van der Waals surface area contributed by atoms with Gasteiger partial charge in [0.25, 0.3) is 0 Å². The van der Waals surface area contributed by atoms with Crippen LogP contribution in [0.3, 0.4) is 0 Å². The predicted octanol–water partition coefficient (Wildman–Crippen LogP) is 1.30. The summed E-state index contributed by atoms with van der Waals surface area (Å²) in [5, 5.41) is 10.6. The lowest BCUT2D eigenvalue weighted by molar-refractivity contribution is 0.0988. The molecule has 15 heavy (non-hydrogen) atoms. The van der Waals surface area contributed by atoms with Crippen molar-refractivity contribution in [2.24, 2.45) is 0 Å². The summed E-state index contributed by atoms with van der Waals surface area (Å²) in [6, 6.07) is 0. The quantitative estimate of drug-likeness (QED) is 0.795. The number of carbonyl (C=O) groups is 1. The lowest BCUT2D eigenvalue weighted by Gasteiger charge is -1.91. The van der Waals surface area contributed by atoms with Crippen LogP contribution in [-0.4, -0.2) is 26.2 Å². The highest BCUT2D eigenvalue weighted by Gasteiger charge is 2.13. The number of hydrogen-bond donors (Lipinski definition) is 1. The summed E-state index contributed by atoms with van der Waals surface area (Å²) in [5.41, 5.74) is 1.35. The van der Waals surface area contributed by atoms with Crippen molar-refractivity contribution >= 4 is 17.1 Å². The van der Waals surface area contributed by atoms with Crippen molar-refractivity contribution in [1.29, 1.82) is 0 Å². The Morgan fingerprint density at radius 1 is 1.53 bits per heavy atom. The van der Waals surface area contributed by atoms with Gasteiger partial charge < -0.3 is 0 Å². The minimum Gasteiger partial charge on any atom is -0.292 e. The average Bonchev–Trinajstić information content (AvgIpc) is 2.77. The van der Waals surface area contributed by atoms with Crippen molar-refractivity contribution < 1.29 is 4.79 Å². The molecule has 0 aromatic carbocycles. The number of nitrogens with one attached hydrogen (secondary N) is 1.